The molecule has 0 heterocycles. The summed E-state index contributed by atoms with van der Waals surface area (Å²) in [6.45, 7) is 5.69. The summed E-state index contributed by atoms with van der Waals surface area (Å²) in [7, 11) is 0. The molecule has 98 valence electrons. The van der Waals surface area contributed by atoms with Crippen LogP contribution in [0, 0.1) is 0 Å². The monoisotopic (exact) mass is 243 g/mol. The Hall–Kier alpha value is -1.36. The second-order valence-corrected chi connectivity index (χ2v) is 3.95. The Morgan fingerprint density at radius 1 is 1.47 bits per heavy atom. The van der Waals surface area contributed by atoms with Gasteiger partial charge in [0.1, 0.15) is 0 Å². The Labute approximate surface area is 102 Å². The number of carboxylic acid groups (broad SMARTS) is 1. The molecule has 0 aliphatic heterocycles. The van der Waals surface area contributed by atoms with Gasteiger partial charge in [-0.25, -0.2) is 9.59 Å². The van der Waals surface area contributed by atoms with Gasteiger partial charge in [0.05, 0.1) is 6.61 Å². The standard InChI is InChI=1S/C12H21NO4/c1-3-5-7-8-12(13,10(14)15)11(16)17-9-6-4-2/h3H,1,4-9,13H2,2H3,(H,14,15). The molecule has 0 saturated carbocycles. The van der Waals surface area contributed by atoms with Gasteiger partial charge in [-0.1, -0.05) is 19.4 Å². The van der Waals surface area contributed by atoms with E-state index in [0.717, 1.165) is 6.42 Å². The van der Waals surface area contributed by atoms with Crippen LogP contribution in [0.2, 0.25) is 0 Å². The molecule has 3 N–H and O–H groups in total. The first kappa shape index (κ1) is 15.6. The van der Waals surface area contributed by atoms with Gasteiger partial charge in [0.15, 0.2) is 0 Å². The summed E-state index contributed by atoms with van der Waals surface area (Å²) in [5.41, 5.74) is 3.67. The third-order valence-electron chi connectivity index (χ3n) is 2.46. The van der Waals surface area contributed by atoms with Gasteiger partial charge in [-0.05, 0) is 25.7 Å². The Bertz CT molecular complexity index is 278. The fourth-order valence-electron chi connectivity index (χ4n) is 1.26. The van der Waals surface area contributed by atoms with Crippen molar-refractivity contribution in [1.82, 2.24) is 0 Å². The normalized spacial score (nSPS) is 13.8. The number of carbonyl (C=O) groups is 2. The molecule has 0 aliphatic rings. The minimum Gasteiger partial charge on any atom is -0.479 e. The van der Waals surface area contributed by atoms with Gasteiger partial charge in [-0.2, -0.15) is 0 Å². The van der Waals surface area contributed by atoms with Crippen LogP contribution in [0.4, 0.5) is 0 Å². The quantitative estimate of drug-likeness (QED) is 0.277. The van der Waals surface area contributed by atoms with E-state index in [0.29, 0.717) is 19.3 Å². The summed E-state index contributed by atoms with van der Waals surface area (Å²) in [6.07, 6.45) is 4.40. The maximum atomic E-state index is 11.6. The van der Waals surface area contributed by atoms with E-state index >= 15 is 0 Å². The zero-order valence-electron chi connectivity index (χ0n) is 10.3. The van der Waals surface area contributed by atoms with Crippen molar-refractivity contribution in [3.63, 3.8) is 0 Å². The molecular formula is C12H21NO4. The lowest BCUT2D eigenvalue weighted by molar-refractivity contribution is -0.161. The molecular weight excluding hydrogens is 222 g/mol. The van der Waals surface area contributed by atoms with Crippen molar-refractivity contribution < 1.29 is 19.4 Å². The van der Waals surface area contributed by atoms with Gasteiger partial charge in [0, 0.05) is 0 Å². The first-order chi connectivity index (χ1) is 7.99. The number of allylic oxidation sites excluding steroid dienone is 1. The van der Waals surface area contributed by atoms with Gasteiger partial charge in [0.2, 0.25) is 5.54 Å². The van der Waals surface area contributed by atoms with Crippen molar-refractivity contribution in [2.24, 2.45) is 5.73 Å². The molecule has 0 aromatic carbocycles. The number of nitrogens with two attached hydrogens (primary N) is 1. The minimum absolute atomic E-state index is 0.0549. The third kappa shape index (κ3) is 4.99. The summed E-state index contributed by atoms with van der Waals surface area (Å²) >= 11 is 0. The molecule has 0 aliphatic carbocycles. The smallest absolute Gasteiger partial charge is 0.337 e. The fraction of sp³-hybridized carbons (Fsp3) is 0.667. The molecule has 0 aromatic heterocycles. The van der Waals surface area contributed by atoms with Crippen LogP contribution >= 0.6 is 0 Å². The Balaban J connectivity index is 4.41. The van der Waals surface area contributed by atoms with E-state index in [9.17, 15) is 9.59 Å². The lowest BCUT2D eigenvalue weighted by atomic mass is 9.94. The predicted octanol–water partition coefficient (Wildman–Crippen LogP) is 1.47. The number of aliphatic carboxylic acids is 1. The van der Waals surface area contributed by atoms with Crippen LogP contribution in [0.15, 0.2) is 12.7 Å². The van der Waals surface area contributed by atoms with Crippen LogP contribution in [0.3, 0.4) is 0 Å². The summed E-state index contributed by atoms with van der Waals surface area (Å²) in [6, 6.07) is 0. The van der Waals surface area contributed by atoms with Crippen molar-refractivity contribution >= 4 is 11.9 Å². The lowest BCUT2D eigenvalue weighted by Crippen LogP contribution is -2.55. The van der Waals surface area contributed by atoms with Crippen molar-refractivity contribution in [2.75, 3.05) is 6.61 Å². The molecule has 0 radical (unpaired) electrons. The van der Waals surface area contributed by atoms with Gasteiger partial charge >= 0.3 is 11.9 Å². The average Bonchev–Trinajstić information content (AvgIpc) is 2.29. The summed E-state index contributed by atoms with van der Waals surface area (Å²) in [4.78, 5) is 22.7. The number of hydrogen-bond donors (Lipinski definition) is 2. The van der Waals surface area contributed by atoms with E-state index in [-0.39, 0.29) is 13.0 Å². The maximum Gasteiger partial charge on any atom is 0.337 e. The minimum atomic E-state index is -1.93. The van der Waals surface area contributed by atoms with Gasteiger partial charge < -0.3 is 15.6 Å². The van der Waals surface area contributed by atoms with Crippen molar-refractivity contribution in [1.29, 1.82) is 0 Å². The van der Waals surface area contributed by atoms with Crippen molar-refractivity contribution in [3.05, 3.63) is 12.7 Å². The van der Waals surface area contributed by atoms with Crippen LogP contribution in [0.25, 0.3) is 0 Å². The van der Waals surface area contributed by atoms with Crippen LogP contribution in [0.5, 0.6) is 0 Å². The van der Waals surface area contributed by atoms with E-state index in [1.54, 1.807) is 6.08 Å². The van der Waals surface area contributed by atoms with Gasteiger partial charge in [0.25, 0.3) is 0 Å². The number of carbonyl (C=O) groups excluding carboxylic acids is 1. The number of esters is 1. The summed E-state index contributed by atoms with van der Waals surface area (Å²) < 4.78 is 4.87. The van der Waals surface area contributed by atoms with Crippen molar-refractivity contribution in [2.45, 2.75) is 44.6 Å². The Morgan fingerprint density at radius 2 is 2.12 bits per heavy atom. The molecule has 5 heteroatoms. The van der Waals surface area contributed by atoms with E-state index in [1.165, 1.54) is 0 Å². The molecule has 1 atom stereocenters. The van der Waals surface area contributed by atoms with Crippen LogP contribution < -0.4 is 5.73 Å². The first-order valence-electron chi connectivity index (χ1n) is 5.79. The molecule has 0 saturated heterocycles. The number of carboxylic acids is 1. The van der Waals surface area contributed by atoms with Gasteiger partial charge in [-0.3, -0.25) is 0 Å². The van der Waals surface area contributed by atoms with Gasteiger partial charge in [-0.15, -0.1) is 6.58 Å². The largest absolute Gasteiger partial charge is 0.479 e. The van der Waals surface area contributed by atoms with E-state index < -0.39 is 17.5 Å². The highest BCUT2D eigenvalue weighted by molar-refractivity contribution is 6.03. The molecule has 5 nitrogen and oxygen atoms in total. The molecule has 1 unspecified atom stereocenters. The highest BCUT2D eigenvalue weighted by Crippen LogP contribution is 2.14. The molecule has 0 fully saturated rings. The SMILES string of the molecule is C=CCCCC(N)(C(=O)O)C(=O)OCCCC. The van der Waals surface area contributed by atoms with Crippen LogP contribution in [-0.2, 0) is 14.3 Å². The molecule has 0 bridgehead atoms. The zero-order chi connectivity index (χ0) is 13.3. The Kier molecular flexibility index (Phi) is 7.21. The van der Waals surface area contributed by atoms with E-state index in [1.807, 2.05) is 6.92 Å². The maximum absolute atomic E-state index is 11.6. The molecule has 17 heavy (non-hydrogen) atoms. The lowest BCUT2D eigenvalue weighted by Gasteiger charge is -2.22. The van der Waals surface area contributed by atoms with Crippen LogP contribution in [-0.4, -0.2) is 29.2 Å². The third-order valence-corrected chi connectivity index (χ3v) is 2.46. The van der Waals surface area contributed by atoms with E-state index in [2.05, 4.69) is 6.58 Å². The van der Waals surface area contributed by atoms with Crippen LogP contribution in [0.1, 0.15) is 39.0 Å². The van der Waals surface area contributed by atoms with E-state index in [4.69, 9.17) is 15.6 Å². The number of hydrogen-bond acceptors (Lipinski definition) is 4. The Morgan fingerprint density at radius 3 is 2.59 bits per heavy atom. The molecule has 0 spiro atoms. The number of rotatable bonds is 9. The fourth-order valence-corrected chi connectivity index (χ4v) is 1.26. The second-order valence-electron chi connectivity index (χ2n) is 3.95. The van der Waals surface area contributed by atoms with Crippen molar-refractivity contribution in [3.8, 4) is 0 Å². The highest BCUT2D eigenvalue weighted by atomic mass is 16.5. The highest BCUT2D eigenvalue weighted by Gasteiger charge is 2.43. The molecule has 0 amide bonds. The zero-order valence-corrected chi connectivity index (χ0v) is 10.3. The average molecular weight is 243 g/mol. The summed E-state index contributed by atoms with van der Waals surface area (Å²) in [5, 5.41) is 9.01. The number of ether oxygens (including phenoxy) is 1. The number of unbranched alkanes of at least 4 members (excludes halogenated alkanes) is 2. The molecule has 0 rings (SSSR count). The predicted molar refractivity (Wildman–Crippen MR) is 64.5 cm³/mol. The summed E-state index contributed by atoms with van der Waals surface area (Å²) in [5.74, 6) is -2.20. The topological polar surface area (TPSA) is 89.6 Å². The first-order valence-corrected chi connectivity index (χ1v) is 5.79. The second kappa shape index (κ2) is 7.84. The molecule has 0 aromatic rings.